The molecule has 6 atom stereocenters. The summed E-state index contributed by atoms with van der Waals surface area (Å²) in [7, 11) is 0. The van der Waals surface area contributed by atoms with Gasteiger partial charge in [0.05, 0.1) is 11.8 Å². The third kappa shape index (κ3) is 2.72. The molecule has 1 saturated heterocycles. The molecule has 1 aromatic rings. The molecule has 152 valence electrons. The molecule has 1 aromatic carbocycles. The highest BCUT2D eigenvalue weighted by atomic mass is 35.5. The number of allylic oxidation sites excluding steroid dienone is 2. The lowest BCUT2D eigenvalue weighted by Crippen LogP contribution is -2.49. The minimum atomic E-state index is -5.15. The highest BCUT2D eigenvalue weighted by Crippen LogP contribution is 2.65. The van der Waals surface area contributed by atoms with E-state index in [4.69, 9.17) is 11.6 Å². The van der Waals surface area contributed by atoms with Crippen LogP contribution in [0.1, 0.15) is 6.42 Å². The van der Waals surface area contributed by atoms with Gasteiger partial charge in [0.1, 0.15) is 6.67 Å². The number of benzene rings is 1. The van der Waals surface area contributed by atoms with Crippen LogP contribution in [0.4, 0.5) is 18.9 Å². The van der Waals surface area contributed by atoms with Gasteiger partial charge in [-0.05, 0) is 54.4 Å². The molecule has 1 heterocycles. The zero-order chi connectivity index (χ0) is 20.7. The Bertz CT molecular complexity index is 909. The Kier molecular flexibility index (Phi) is 3.91. The van der Waals surface area contributed by atoms with Crippen LogP contribution in [0.2, 0.25) is 5.02 Å². The number of hydrogen-bond donors (Lipinski definition) is 0. The predicted molar refractivity (Wildman–Crippen MR) is 96.4 cm³/mol. The number of nitrogens with zero attached hydrogens (tertiary/aromatic N) is 2. The van der Waals surface area contributed by atoms with Crippen LogP contribution in [-0.4, -0.2) is 35.5 Å². The van der Waals surface area contributed by atoms with E-state index in [1.54, 1.807) is 0 Å². The molecule has 2 bridgehead atoms. The summed E-state index contributed by atoms with van der Waals surface area (Å²) in [4.78, 5) is 39.4. The van der Waals surface area contributed by atoms with E-state index in [1.807, 2.05) is 12.2 Å². The van der Waals surface area contributed by atoms with Crippen LogP contribution in [0.15, 0.2) is 36.4 Å². The van der Waals surface area contributed by atoms with Gasteiger partial charge in [-0.3, -0.25) is 24.2 Å². The summed E-state index contributed by atoms with van der Waals surface area (Å²) in [5, 5.41) is 0.286. The molecular weight excluding hydrogens is 409 g/mol. The van der Waals surface area contributed by atoms with Crippen molar-refractivity contribution in [2.24, 2.45) is 35.5 Å². The molecule has 0 unspecified atom stereocenters. The average molecular weight is 425 g/mol. The third-order valence-electron chi connectivity index (χ3n) is 6.66. The summed E-state index contributed by atoms with van der Waals surface area (Å²) in [6, 6.07) is 5.20. The number of halogens is 4. The maximum absolute atomic E-state index is 13.2. The van der Waals surface area contributed by atoms with E-state index in [-0.39, 0.29) is 22.5 Å². The molecule has 6 rings (SSSR count). The van der Waals surface area contributed by atoms with Gasteiger partial charge in [0.2, 0.25) is 11.8 Å². The Balaban J connectivity index is 1.46. The van der Waals surface area contributed by atoms with E-state index in [2.05, 4.69) is 0 Å². The standard InChI is InChI=1S/C20H16ClF3N2O3/c21-9-1-3-10(4-2-9)25(19(29)20(22,23)24)8-26-17(27)15-11-5-6-12(14-7-13(11)14)16(15)18(26)28/h1-6,11-16H,7-8H2/t11-,12-,13-,14-,15-,16+/m1/s1. The zero-order valence-electron chi connectivity index (χ0n) is 15.0. The number of carbonyl (C=O) groups excluding carboxylic acids is 3. The van der Waals surface area contributed by atoms with Crippen LogP contribution in [0.5, 0.6) is 0 Å². The normalized spacial score (nSPS) is 34.3. The topological polar surface area (TPSA) is 57.7 Å². The molecule has 5 aliphatic rings. The largest absolute Gasteiger partial charge is 0.471 e. The fourth-order valence-corrected chi connectivity index (χ4v) is 5.46. The van der Waals surface area contributed by atoms with Crippen molar-refractivity contribution in [2.75, 3.05) is 11.6 Å². The summed E-state index contributed by atoms with van der Waals surface area (Å²) >= 11 is 5.79. The first kappa shape index (κ1) is 18.7. The number of hydrogen-bond acceptors (Lipinski definition) is 3. The molecule has 0 radical (unpaired) electrons. The third-order valence-corrected chi connectivity index (χ3v) is 6.91. The molecule has 0 spiro atoms. The first-order chi connectivity index (χ1) is 13.7. The molecule has 4 aliphatic carbocycles. The molecule has 9 heteroatoms. The molecule has 3 amide bonds. The van der Waals surface area contributed by atoms with Crippen molar-refractivity contribution in [3.63, 3.8) is 0 Å². The SMILES string of the molecule is O=C1[C@@H]2[C@@H]3C=C[C@H]([C@H]4C[C@H]34)[C@@H]2C(=O)N1CN(C(=O)C(F)(F)F)c1ccc(Cl)cc1. The fraction of sp³-hybridized carbons (Fsp3) is 0.450. The van der Waals surface area contributed by atoms with Crippen LogP contribution < -0.4 is 4.90 Å². The van der Waals surface area contributed by atoms with Gasteiger partial charge in [0, 0.05) is 10.7 Å². The second-order valence-electron chi connectivity index (χ2n) is 8.11. The molecule has 29 heavy (non-hydrogen) atoms. The van der Waals surface area contributed by atoms with Crippen molar-refractivity contribution >= 4 is 35.0 Å². The highest BCUT2D eigenvalue weighted by molar-refractivity contribution is 6.30. The van der Waals surface area contributed by atoms with Crippen LogP contribution in [0.25, 0.3) is 0 Å². The summed E-state index contributed by atoms with van der Waals surface area (Å²) in [5.41, 5.74) is -0.0869. The van der Waals surface area contributed by atoms with Gasteiger partial charge in [-0.15, -0.1) is 0 Å². The summed E-state index contributed by atoms with van der Waals surface area (Å²) in [6.45, 7) is -0.764. The van der Waals surface area contributed by atoms with Crippen molar-refractivity contribution in [1.29, 1.82) is 0 Å². The van der Waals surface area contributed by atoms with E-state index in [0.29, 0.717) is 16.7 Å². The molecule has 5 nitrogen and oxygen atoms in total. The molecule has 0 N–H and O–H groups in total. The number of anilines is 1. The maximum Gasteiger partial charge on any atom is 0.471 e. The molecule has 0 aromatic heterocycles. The van der Waals surface area contributed by atoms with E-state index in [9.17, 15) is 27.6 Å². The monoisotopic (exact) mass is 424 g/mol. The Hall–Kier alpha value is -2.35. The summed E-state index contributed by atoms with van der Waals surface area (Å²) < 4.78 is 39.6. The quantitative estimate of drug-likeness (QED) is 0.553. The maximum atomic E-state index is 13.2. The molecule has 3 fully saturated rings. The Morgan fingerprint density at radius 1 is 1.03 bits per heavy atom. The summed E-state index contributed by atoms with van der Waals surface area (Å²) in [5.74, 6) is -3.50. The fourth-order valence-electron chi connectivity index (χ4n) is 5.34. The molecule has 1 aliphatic heterocycles. The lowest BCUT2D eigenvalue weighted by atomic mass is 9.63. The first-order valence-electron chi connectivity index (χ1n) is 9.36. The molecular formula is C20H16ClF3N2O3. The summed E-state index contributed by atoms with van der Waals surface area (Å²) in [6.07, 6.45) is -0.210. The van der Waals surface area contributed by atoms with Crippen LogP contribution in [0.3, 0.4) is 0 Å². The molecule has 2 saturated carbocycles. The lowest BCUT2D eigenvalue weighted by molar-refractivity contribution is -0.171. The van der Waals surface area contributed by atoms with Gasteiger partial charge in [-0.1, -0.05) is 23.8 Å². The van der Waals surface area contributed by atoms with Gasteiger partial charge in [0.25, 0.3) is 0 Å². The van der Waals surface area contributed by atoms with Crippen LogP contribution >= 0.6 is 11.6 Å². The number of rotatable bonds is 3. The smallest absolute Gasteiger partial charge is 0.286 e. The van der Waals surface area contributed by atoms with Gasteiger partial charge < -0.3 is 0 Å². The van der Waals surface area contributed by atoms with Crippen LogP contribution in [0, 0.1) is 35.5 Å². The number of carbonyl (C=O) groups is 3. The van der Waals surface area contributed by atoms with Crippen molar-refractivity contribution in [3.05, 3.63) is 41.4 Å². The predicted octanol–water partition coefficient (Wildman–Crippen LogP) is 3.25. The number of amides is 3. The average Bonchev–Trinajstić information content (AvgIpc) is 3.46. The minimum Gasteiger partial charge on any atom is -0.286 e. The van der Waals surface area contributed by atoms with Gasteiger partial charge in [0.15, 0.2) is 0 Å². The van der Waals surface area contributed by atoms with Crippen molar-refractivity contribution < 1.29 is 27.6 Å². The second kappa shape index (κ2) is 6.08. The Labute approximate surface area is 169 Å². The zero-order valence-corrected chi connectivity index (χ0v) is 15.7. The van der Waals surface area contributed by atoms with E-state index in [0.717, 1.165) is 11.3 Å². The van der Waals surface area contributed by atoms with Crippen molar-refractivity contribution in [2.45, 2.75) is 12.6 Å². The van der Waals surface area contributed by atoms with E-state index in [1.165, 1.54) is 24.3 Å². The van der Waals surface area contributed by atoms with Crippen molar-refractivity contribution in [3.8, 4) is 0 Å². The highest BCUT2D eigenvalue weighted by Gasteiger charge is 2.67. The Morgan fingerprint density at radius 3 is 2.03 bits per heavy atom. The van der Waals surface area contributed by atoms with E-state index < -0.39 is 42.4 Å². The van der Waals surface area contributed by atoms with Crippen molar-refractivity contribution in [1.82, 2.24) is 4.90 Å². The second-order valence-corrected chi connectivity index (χ2v) is 8.54. The lowest BCUT2D eigenvalue weighted by Gasteiger charge is -2.37. The number of likely N-dealkylation sites (tertiary alicyclic amines) is 1. The van der Waals surface area contributed by atoms with Gasteiger partial charge in [-0.2, -0.15) is 13.2 Å². The van der Waals surface area contributed by atoms with Gasteiger partial charge >= 0.3 is 12.1 Å². The van der Waals surface area contributed by atoms with Gasteiger partial charge in [-0.25, -0.2) is 0 Å². The van der Waals surface area contributed by atoms with Crippen LogP contribution in [-0.2, 0) is 14.4 Å². The minimum absolute atomic E-state index is 0.0428. The number of alkyl halides is 3. The Morgan fingerprint density at radius 2 is 1.55 bits per heavy atom. The first-order valence-corrected chi connectivity index (χ1v) is 9.74. The number of imide groups is 1. The van der Waals surface area contributed by atoms with E-state index >= 15 is 0 Å².